The second-order valence-electron chi connectivity index (χ2n) is 6.98. The summed E-state index contributed by atoms with van der Waals surface area (Å²) in [5.74, 6) is -0.518. The van der Waals surface area contributed by atoms with Gasteiger partial charge in [-0.25, -0.2) is 13.1 Å². The average Bonchev–Trinajstić information content (AvgIpc) is 3.50. The number of benzene rings is 2. The summed E-state index contributed by atoms with van der Waals surface area (Å²) in [7, 11) is -0.590. The van der Waals surface area contributed by atoms with Crippen LogP contribution in [0.4, 0.5) is 0 Å². The van der Waals surface area contributed by atoms with Crippen molar-refractivity contribution < 1.29 is 18.0 Å². The minimum atomic E-state index is -3.77. The molecule has 1 aliphatic rings. The van der Waals surface area contributed by atoms with Gasteiger partial charge in [0.15, 0.2) is 0 Å². The number of hydrogen-bond acceptors (Lipinski definition) is 4. The lowest BCUT2D eigenvalue weighted by atomic mass is 10.1. The molecule has 0 heterocycles. The monoisotopic (exact) mass is 435 g/mol. The van der Waals surface area contributed by atoms with Crippen LogP contribution >= 0.6 is 11.6 Å². The van der Waals surface area contributed by atoms with Gasteiger partial charge in [0.2, 0.25) is 10.0 Å². The molecule has 2 amide bonds. The summed E-state index contributed by atoms with van der Waals surface area (Å²) in [5, 5.41) is 2.62. The van der Waals surface area contributed by atoms with Crippen molar-refractivity contribution in [2.45, 2.75) is 30.3 Å². The molecule has 1 aliphatic carbocycles. The summed E-state index contributed by atoms with van der Waals surface area (Å²) in [6.45, 7) is 0.303. The van der Waals surface area contributed by atoms with E-state index in [1.54, 1.807) is 38.4 Å². The van der Waals surface area contributed by atoms with Crippen molar-refractivity contribution >= 4 is 33.4 Å². The molecule has 9 heteroatoms. The van der Waals surface area contributed by atoms with Crippen molar-refractivity contribution in [1.82, 2.24) is 14.9 Å². The van der Waals surface area contributed by atoms with Crippen molar-refractivity contribution in [2.24, 2.45) is 0 Å². The lowest BCUT2D eigenvalue weighted by Crippen LogP contribution is -2.28. The third kappa shape index (κ3) is 5.14. The fraction of sp³-hybridized carbons (Fsp3) is 0.300. The molecule has 7 nitrogen and oxygen atoms in total. The summed E-state index contributed by atoms with van der Waals surface area (Å²) in [4.78, 5) is 25.8. The Morgan fingerprint density at radius 2 is 1.72 bits per heavy atom. The lowest BCUT2D eigenvalue weighted by molar-refractivity contribution is 0.0784. The van der Waals surface area contributed by atoms with Gasteiger partial charge in [-0.3, -0.25) is 9.59 Å². The molecule has 2 aromatic carbocycles. The van der Waals surface area contributed by atoms with Crippen LogP contribution in [0.25, 0.3) is 0 Å². The van der Waals surface area contributed by atoms with E-state index in [-0.39, 0.29) is 33.3 Å². The highest BCUT2D eigenvalue weighted by atomic mass is 35.5. The molecule has 0 bridgehead atoms. The molecule has 0 atom stereocenters. The van der Waals surface area contributed by atoms with Gasteiger partial charge in [-0.05, 0) is 48.7 Å². The summed E-state index contributed by atoms with van der Waals surface area (Å²) in [5.41, 5.74) is 1.60. The van der Waals surface area contributed by atoms with E-state index in [1.807, 2.05) is 0 Å². The van der Waals surface area contributed by atoms with E-state index in [1.165, 1.54) is 23.1 Å². The fourth-order valence-electron chi connectivity index (χ4n) is 2.80. The van der Waals surface area contributed by atoms with Crippen LogP contribution in [0.15, 0.2) is 47.4 Å². The topological polar surface area (TPSA) is 95.6 Å². The molecule has 29 heavy (non-hydrogen) atoms. The lowest BCUT2D eigenvalue weighted by Gasteiger charge is -2.18. The van der Waals surface area contributed by atoms with E-state index in [4.69, 9.17) is 11.6 Å². The first-order chi connectivity index (χ1) is 13.7. The number of hydrogen-bond donors (Lipinski definition) is 2. The van der Waals surface area contributed by atoms with E-state index in [0.29, 0.717) is 12.1 Å². The Morgan fingerprint density at radius 3 is 2.31 bits per heavy atom. The first-order valence-corrected chi connectivity index (χ1v) is 11.0. The molecule has 154 valence electrons. The van der Waals surface area contributed by atoms with Gasteiger partial charge in [0, 0.05) is 37.8 Å². The molecule has 2 aromatic rings. The molecular weight excluding hydrogens is 414 g/mol. The van der Waals surface area contributed by atoms with Gasteiger partial charge in [-0.1, -0.05) is 23.7 Å². The van der Waals surface area contributed by atoms with E-state index in [2.05, 4.69) is 10.0 Å². The number of nitrogens with zero attached hydrogens (tertiary/aromatic N) is 1. The molecule has 2 N–H and O–H groups in total. The van der Waals surface area contributed by atoms with E-state index in [9.17, 15) is 18.0 Å². The van der Waals surface area contributed by atoms with Crippen molar-refractivity contribution in [3.05, 3.63) is 64.2 Å². The molecule has 0 radical (unpaired) electrons. The quantitative estimate of drug-likeness (QED) is 0.698. The normalized spacial score (nSPS) is 13.8. The van der Waals surface area contributed by atoms with Crippen LogP contribution in [-0.4, -0.2) is 45.3 Å². The van der Waals surface area contributed by atoms with Gasteiger partial charge in [0.05, 0.1) is 5.02 Å². The Kier molecular flexibility index (Phi) is 6.26. The van der Waals surface area contributed by atoms with Gasteiger partial charge in [-0.15, -0.1) is 0 Å². The standard InChI is InChI=1S/C20H22ClN3O4S/c1-22-19(25)14-5-3-13(4-6-14)12-24(2)20(26)15-7-10-17(21)18(11-15)29(27,28)23-16-8-9-16/h3-7,10-11,16,23H,8-9,12H2,1-2H3,(H,22,25). The highest BCUT2D eigenvalue weighted by Crippen LogP contribution is 2.27. The Labute approximate surface area is 175 Å². The van der Waals surface area contributed by atoms with Crippen LogP contribution in [0.1, 0.15) is 39.1 Å². The molecule has 0 unspecified atom stereocenters. The number of sulfonamides is 1. The van der Waals surface area contributed by atoms with Gasteiger partial charge in [-0.2, -0.15) is 0 Å². The van der Waals surface area contributed by atoms with Gasteiger partial charge < -0.3 is 10.2 Å². The Hall–Kier alpha value is -2.42. The average molecular weight is 436 g/mol. The van der Waals surface area contributed by atoms with Crippen molar-refractivity contribution in [1.29, 1.82) is 0 Å². The molecule has 1 saturated carbocycles. The molecule has 0 aromatic heterocycles. The highest BCUT2D eigenvalue weighted by Gasteiger charge is 2.30. The fourth-order valence-corrected chi connectivity index (χ4v) is 4.63. The van der Waals surface area contributed by atoms with Crippen LogP contribution in [-0.2, 0) is 16.6 Å². The zero-order valence-electron chi connectivity index (χ0n) is 16.1. The second-order valence-corrected chi connectivity index (χ2v) is 9.07. The summed E-state index contributed by atoms with van der Waals surface area (Å²) in [6.07, 6.45) is 1.60. The number of nitrogens with one attached hydrogen (secondary N) is 2. The Balaban J connectivity index is 1.75. The third-order valence-corrected chi connectivity index (χ3v) is 6.58. The van der Waals surface area contributed by atoms with Crippen LogP contribution in [0.2, 0.25) is 5.02 Å². The summed E-state index contributed by atoms with van der Waals surface area (Å²) >= 11 is 6.07. The van der Waals surface area contributed by atoms with E-state index >= 15 is 0 Å². The summed E-state index contributed by atoms with van der Waals surface area (Å²) in [6, 6.07) is 11.1. The smallest absolute Gasteiger partial charge is 0.253 e. The number of amides is 2. The van der Waals surface area contributed by atoms with Crippen LogP contribution in [0.3, 0.4) is 0 Å². The largest absolute Gasteiger partial charge is 0.355 e. The Morgan fingerprint density at radius 1 is 1.10 bits per heavy atom. The number of carbonyl (C=O) groups excluding carboxylic acids is 2. The highest BCUT2D eigenvalue weighted by molar-refractivity contribution is 7.89. The van der Waals surface area contributed by atoms with Crippen molar-refractivity contribution in [2.75, 3.05) is 14.1 Å². The second kappa shape index (κ2) is 8.52. The first-order valence-electron chi connectivity index (χ1n) is 9.09. The number of rotatable bonds is 7. The molecule has 3 rings (SSSR count). The predicted molar refractivity (Wildman–Crippen MR) is 110 cm³/mol. The molecule has 0 spiro atoms. The maximum Gasteiger partial charge on any atom is 0.253 e. The van der Waals surface area contributed by atoms with Gasteiger partial charge >= 0.3 is 0 Å². The van der Waals surface area contributed by atoms with Crippen LogP contribution in [0, 0.1) is 0 Å². The zero-order valence-corrected chi connectivity index (χ0v) is 17.7. The minimum absolute atomic E-state index is 0.0594. The molecule has 0 saturated heterocycles. The predicted octanol–water partition coefficient (Wildman–Crippen LogP) is 2.41. The van der Waals surface area contributed by atoms with Crippen LogP contribution < -0.4 is 10.0 Å². The van der Waals surface area contributed by atoms with E-state index in [0.717, 1.165) is 18.4 Å². The number of carbonyl (C=O) groups is 2. The maximum atomic E-state index is 12.8. The Bertz CT molecular complexity index is 1030. The van der Waals surface area contributed by atoms with Crippen LogP contribution in [0.5, 0.6) is 0 Å². The van der Waals surface area contributed by atoms with Gasteiger partial charge in [0.25, 0.3) is 11.8 Å². The van der Waals surface area contributed by atoms with Crippen molar-refractivity contribution in [3.8, 4) is 0 Å². The zero-order chi connectivity index (χ0) is 21.2. The van der Waals surface area contributed by atoms with E-state index < -0.39 is 10.0 Å². The summed E-state index contributed by atoms with van der Waals surface area (Å²) < 4.78 is 27.6. The third-order valence-electron chi connectivity index (χ3n) is 4.58. The minimum Gasteiger partial charge on any atom is -0.355 e. The molecule has 1 fully saturated rings. The SMILES string of the molecule is CNC(=O)c1ccc(CN(C)C(=O)c2ccc(Cl)c(S(=O)(=O)NC3CC3)c2)cc1. The van der Waals surface area contributed by atoms with Gasteiger partial charge in [0.1, 0.15) is 4.90 Å². The number of halogens is 1. The van der Waals surface area contributed by atoms with Crippen molar-refractivity contribution in [3.63, 3.8) is 0 Å². The molecular formula is C20H22ClN3O4S. The first kappa shape index (κ1) is 21.3. The maximum absolute atomic E-state index is 12.8. The molecule has 0 aliphatic heterocycles.